The molecule has 156 valence electrons. The Hall–Kier alpha value is -1.55. The van der Waals surface area contributed by atoms with Crippen LogP contribution in [0.5, 0.6) is 5.75 Å². The van der Waals surface area contributed by atoms with Crippen LogP contribution in [0.15, 0.2) is 29.3 Å². The van der Waals surface area contributed by atoms with Gasteiger partial charge in [-0.05, 0) is 57.4 Å². The van der Waals surface area contributed by atoms with E-state index in [1.54, 1.807) is 12.1 Å². The van der Waals surface area contributed by atoms with Crippen LogP contribution in [-0.2, 0) is 0 Å². The monoisotopic (exact) mass is 501 g/mol. The number of amides is 1. The number of phenols is 1. The van der Waals surface area contributed by atoms with Crippen LogP contribution in [0, 0.1) is 0 Å². The number of hydrogen-bond donors (Lipinski definition) is 4. The third-order valence-electron chi connectivity index (χ3n) is 5.12. The lowest BCUT2D eigenvalue weighted by Crippen LogP contribution is -2.45. The fourth-order valence-electron chi connectivity index (χ4n) is 3.64. The number of nitrogens with one attached hydrogen (secondary N) is 3. The average Bonchev–Trinajstić information content (AvgIpc) is 3.42. The van der Waals surface area contributed by atoms with Gasteiger partial charge in [0.1, 0.15) is 5.75 Å². The van der Waals surface area contributed by atoms with Crippen molar-refractivity contribution in [2.45, 2.75) is 51.2 Å². The fraction of sp³-hybridized carbons (Fsp3) is 0.600. The van der Waals surface area contributed by atoms with Crippen molar-refractivity contribution in [3.63, 3.8) is 0 Å². The average molecular weight is 501 g/mol. The number of nitrogens with zero attached hydrogens (tertiary/aromatic N) is 2. The Kier molecular flexibility index (Phi) is 8.81. The van der Waals surface area contributed by atoms with Crippen LogP contribution in [0.3, 0.4) is 0 Å². The molecule has 7 nitrogen and oxygen atoms in total. The van der Waals surface area contributed by atoms with Gasteiger partial charge in [0.25, 0.3) is 5.91 Å². The molecule has 0 aromatic heterocycles. The molecule has 2 fully saturated rings. The lowest BCUT2D eigenvalue weighted by molar-refractivity contribution is 0.0955. The molecular weight excluding hydrogens is 469 g/mol. The highest BCUT2D eigenvalue weighted by atomic mass is 127. The summed E-state index contributed by atoms with van der Waals surface area (Å²) < 4.78 is 0. The number of phenolic OH excluding ortho intramolecular Hbond substituents is 1. The Morgan fingerprint density at radius 2 is 1.96 bits per heavy atom. The van der Waals surface area contributed by atoms with Crippen molar-refractivity contribution < 1.29 is 9.90 Å². The van der Waals surface area contributed by atoms with Gasteiger partial charge >= 0.3 is 0 Å². The Labute approximate surface area is 184 Å². The quantitative estimate of drug-likeness (QED) is 0.199. The highest BCUT2D eigenvalue weighted by molar-refractivity contribution is 14.0. The lowest BCUT2D eigenvalue weighted by atomic mass is 10.2. The Morgan fingerprint density at radius 3 is 2.61 bits per heavy atom. The molecule has 28 heavy (non-hydrogen) atoms. The Balaban J connectivity index is 0.00000280. The minimum Gasteiger partial charge on any atom is -0.508 e. The predicted molar refractivity (Wildman–Crippen MR) is 123 cm³/mol. The van der Waals surface area contributed by atoms with Crippen LogP contribution in [-0.4, -0.2) is 66.2 Å². The number of aliphatic imine (C=N–C) groups is 1. The lowest BCUT2D eigenvalue weighted by Gasteiger charge is -2.20. The molecule has 1 amide bonds. The molecule has 2 unspecified atom stereocenters. The largest absolute Gasteiger partial charge is 0.508 e. The SMILES string of the molecule is CCNC(=NCCNC(=O)c1ccc(O)cc1)NC1CC(C)N(C2CC2)C1.I. The number of aromatic hydroxyl groups is 1. The molecule has 1 aromatic carbocycles. The highest BCUT2D eigenvalue weighted by Crippen LogP contribution is 2.33. The topological polar surface area (TPSA) is 89.0 Å². The standard InChI is InChI=1S/C20H31N5O2.HI/c1-3-21-20(24-16-12-14(2)25(13-16)17-6-7-17)23-11-10-22-19(27)15-4-8-18(26)9-5-15;/h4-5,8-9,14,16-17,26H,3,6-7,10-13H2,1-2H3,(H,22,27)(H2,21,23,24);1H. The smallest absolute Gasteiger partial charge is 0.251 e. The second-order valence-corrected chi connectivity index (χ2v) is 7.42. The first-order chi connectivity index (χ1) is 13.1. The third kappa shape index (κ3) is 6.51. The molecule has 1 heterocycles. The van der Waals surface area contributed by atoms with Gasteiger partial charge in [0, 0.05) is 43.3 Å². The van der Waals surface area contributed by atoms with Crippen LogP contribution < -0.4 is 16.0 Å². The molecule has 8 heteroatoms. The van der Waals surface area contributed by atoms with E-state index in [1.807, 2.05) is 0 Å². The zero-order valence-electron chi connectivity index (χ0n) is 16.6. The molecule has 1 aromatic rings. The van der Waals surface area contributed by atoms with Gasteiger partial charge in [-0.25, -0.2) is 0 Å². The number of carbonyl (C=O) groups is 1. The maximum Gasteiger partial charge on any atom is 0.251 e. The zero-order valence-corrected chi connectivity index (χ0v) is 19.0. The maximum absolute atomic E-state index is 12.1. The summed E-state index contributed by atoms with van der Waals surface area (Å²) in [6, 6.07) is 8.06. The summed E-state index contributed by atoms with van der Waals surface area (Å²) in [6.45, 7) is 7.22. The van der Waals surface area contributed by atoms with Gasteiger partial charge in [-0.15, -0.1) is 24.0 Å². The van der Waals surface area contributed by atoms with Crippen molar-refractivity contribution in [2.24, 2.45) is 4.99 Å². The first-order valence-corrected chi connectivity index (χ1v) is 9.94. The van der Waals surface area contributed by atoms with Gasteiger partial charge in [0.2, 0.25) is 0 Å². The summed E-state index contributed by atoms with van der Waals surface area (Å²) in [6.07, 6.45) is 3.82. The van der Waals surface area contributed by atoms with Crippen LogP contribution in [0.4, 0.5) is 0 Å². The van der Waals surface area contributed by atoms with E-state index >= 15 is 0 Å². The number of likely N-dealkylation sites (tertiary alicyclic amines) is 1. The van der Waals surface area contributed by atoms with Gasteiger partial charge in [-0.1, -0.05) is 0 Å². The first-order valence-electron chi connectivity index (χ1n) is 9.94. The number of halogens is 1. The van der Waals surface area contributed by atoms with E-state index in [9.17, 15) is 9.90 Å². The fourth-order valence-corrected chi connectivity index (χ4v) is 3.64. The molecule has 2 atom stereocenters. The van der Waals surface area contributed by atoms with Crippen molar-refractivity contribution in [3.05, 3.63) is 29.8 Å². The van der Waals surface area contributed by atoms with Crippen molar-refractivity contribution in [1.29, 1.82) is 0 Å². The van der Waals surface area contributed by atoms with E-state index in [1.165, 1.54) is 25.0 Å². The Morgan fingerprint density at radius 1 is 1.25 bits per heavy atom. The molecule has 1 aliphatic heterocycles. The number of carbonyl (C=O) groups excluding carboxylic acids is 1. The minimum atomic E-state index is -0.159. The summed E-state index contributed by atoms with van der Waals surface area (Å²) >= 11 is 0. The van der Waals surface area contributed by atoms with Crippen LogP contribution in [0.1, 0.15) is 43.5 Å². The van der Waals surface area contributed by atoms with E-state index in [2.05, 4.69) is 39.7 Å². The summed E-state index contributed by atoms with van der Waals surface area (Å²) in [5.74, 6) is 0.804. The molecular formula is C20H32IN5O2. The summed E-state index contributed by atoms with van der Waals surface area (Å²) in [4.78, 5) is 19.3. The van der Waals surface area contributed by atoms with Crippen molar-refractivity contribution in [2.75, 3.05) is 26.2 Å². The number of guanidine groups is 1. The van der Waals surface area contributed by atoms with E-state index < -0.39 is 0 Å². The number of hydrogen-bond acceptors (Lipinski definition) is 4. The molecule has 1 saturated heterocycles. The van der Waals surface area contributed by atoms with Gasteiger partial charge in [0.15, 0.2) is 5.96 Å². The molecule has 2 aliphatic rings. The minimum absolute atomic E-state index is 0. The first kappa shape index (κ1) is 22.7. The Bertz CT molecular complexity index is 663. The van der Waals surface area contributed by atoms with Crippen molar-refractivity contribution in [1.82, 2.24) is 20.9 Å². The molecule has 4 N–H and O–H groups in total. The second kappa shape index (κ2) is 10.8. The van der Waals surface area contributed by atoms with Gasteiger partial charge in [0.05, 0.1) is 6.54 Å². The summed E-state index contributed by atoms with van der Waals surface area (Å²) in [5, 5.41) is 19.0. The summed E-state index contributed by atoms with van der Waals surface area (Å²) in [7, 11) is 0. The van der Waals surface area contributed by atoms with E-state index in [0.29, 0.717) is 30.7 Å². The zero-order chi connectivity index (χ0) is 19.2. The molecule has 0 radical (unpaired) electrons. The van der Waals surface area contributed by atoms with Crippen LogP contribution >= 0.6 is 24.0 Å². The van der Waals surface area contributed by atoms with Crippen LogP contribution in [0.25, 0.3) is 0 Å². The van der Waals surface area contributed by atoms with Crippen LogP contribution in [0.2, 0.25) is 0 Å². The van der Waals surface area contributed by atoms with Gasteiger partial charge < -0.3 is 21.1 Å². The third-order valence-corrected chi connectivity index (χ3v) is 5.12. The molecule has 3 rings (SSSR count). The predicted octanol–water partition coefficient (Wildman–Crippen LogP) is 1.92. The van der Waals surface area contributed by atoms with Crippen molar-refractivity contribution in [3.8, 4) is 5.75 Å². The van der Waals surface area contributed by atoms with E-state index in [-0.39, 0.29) is 35.6 Å². The normalized spacial score (nSPS) is 22.4. The maximum atomic E-state index is 12.1. The van der Waals surface area contributed by atoms with Crippen molar-refractivity contribution >= 4 is 35.8 Å². The van der Waals surface area contributed by atoms with Gasteiger partial charge in [-0.2, -0.15) is 0 Å². The molecule has 1 aliphatic carbocycles. The number of rotatable bonds is 7. The molecule has 0 spiro atoms. The number of benzene rings is 1. The molecule has 0 bridgehead atoms. The highest BCUT2D eigenvalue weighted by Gasteiger charge is 2.38. The summed E-state index contributed by atoms with van der Waals surface area (Å²) in [5.41, 5.74) is 0.530. The molecule has 1 saturated carbocycles. The second-order valence-electron chi connectivity index (χ2n) is 7.42. The van der Waals surface area contributed by atoms with E-state index in [4.69, 9.17) is 0 Å². The van der Waals surface area contributed by atoms with Gasteiger partial charge in [-0.3, -0.25) is 14.7 Å². The van der Waals surface area contributed by atoms with E-state index in [0.717, 1.165) is 31.5 Å².